The van der Waals surface area contributed by atoms with Crippen LogP contribution in [0.4, 0.5) is 5.95 Å². The molecule has 2 rings (SSSR count). The van der Waals surface area contributed by atoms with Crippen LogP contribution in [0.1, 0.15) is 6.92 Å². The van der Waals surface area contributed by atoms with Crippen molar-refractivity contribution in [2.75, 3.05) is 12.4 Å². The summed E-state index contributed by atoms with van der Waals surface area (Å²) in [7, 11) is 1.36. The summed E-state index contributed by atoms with van der Waals surface area (Å²) in [4.78, 5) is 15.3. The lowest BCUT2D eigenvalue weighted by Crippen LogP contribution is -2.23. The first-order valence-corrected chi connectivity index (χ1v) is 4.15. The van der Waals surface area contributed by atoms with Crippen molar-refractivity contribution in [1.82, 2.24) is 14.8 Å². The fourth-order valence-corrected chi connectivity index (χ4v) is 1.33. The molecule has 1 N–H and O–H groups in total. The number of allylic oxidation sites excluding steroid dienone is 1. The number of carbonyl (C=O) groups excluding carboxylic acids is 1. The van der Waals surface area contributed by atoms with Gasteiger partial charge in [0.25, 0.3) is 0 Å². The van der Waals surface area contributed by atoms with Crippen molar-refractivity contribution >= 4 is 11.9 Å². The van der Waals surface area contributed by atoms with Crippen molar-refractivity contribution in [2.45, 2.75) is 13.5 Å². The number of methoxy groups -OCH3 is 1. The molecule has 1 aliphatic rings. The van der Waals surface area contributed by atoms with Crippen molar-refractivity contribution in [3.8, 4) is 0 Å². The molecule has 0 amide bonds. The molecule has 0 spiro atoms. The van der Waals surface area contributed by atoms with Gasteiger partial charge >= 0.3 is 5.97 Å². The van der Waals surface area contributed by atoms with Crippen molar-refractivity contribution in [3.05, 3.63) is 17.6 Å². The number of esters is 1. The third kappa shape index (κ3) is 1.24. The molecule has 0 bridgehead atoms. The van der Waals surface area contributed by atoms with E-state index in [1.165, 1.54) is 13.4 Å². The van der Waals surface area contributed by atoms with E-state index in [1.807, 2.05) is 6.92 Å². The molecular weight excluding hydrogens is 184 g/mol. The van der Waals surface area contributed by atoms with Crippen LogP contribution < -0.4 is 5.32 Å². The molecule has 0 saturated carbocycles. The second kappa shape index (κ2) is 3.13. The van der Waals surface area contributed by atoms with Gasteiger partial charge in [-0.3, -0.25) is 0 Å². The zero-order chi connectivity index (χ0) is 10.1. The van der Waals surface area contributed by atoms with Gasteiger partial charge in [-0.1, -0.05) is 0 Å². The van der Waals surface area contributed by atoms with E-state index in [1.54, 1.807) is 4.68 Å². The van der Waals surface area contributed by atoms with Crippen molar-refractivity contribution < 1.29 is 9.53 Å². The molecule has 6 nitrogen and oxygen atoms in total. The third-order valence-electron chi connectivity index (χ3n) is 2.11. The number of hydrogen-bond acceptors (Lipinski definition) is 5. The van der Waals surface area contributed by atoms with E-state index in [2.05, 4.69) is 20.1 Å². The number of fused-ring (bicyclic) bond motifs is 1. The van der Waals surface area contributed by atoms with Crippen LogP contribution >= 0.6 is 0 Å². The minimum atomic E-state index is -0.337. The predicted octanol–water partition coefficient (Wildman–Crippen LogP) is 0.151. The Hall–Kier alpha value is -1.85. The molecule has 0 saturated heterocycles. The number of hydrogen-bond donors (Lipinski definition) is 1. The van der Waals surface area contributed by atoms with Crippen LogP contribution in [0.5, 0.6) is 0 Å². The lowest BCUT2D eigenvalue weighted by molar-refractivity contribution is -0.136. The van der Waals surface area contributed by atoms with Crippen molar-refractivity contribution in [3.63, 3.8) is 0 Å². The monoisotopic (exact) mass is 194 g/mol. The molecule has 0 aliphatic carbocycles. The van der Waals surface area contributed by atoms with Crippen LogP contribution in [0.2, 0.25) is 0 Å². The molecule has 2 heterocycles. The van der Waals surface area contributed by atoms with Crippen LogP contribution in [-0.4, -0.2) is 27.8 Å². The number of aromatic nitrogens is 3. The lowest BCUT2D eigenvalue weighted by atomic mass is 10.2. The fourth-order valence-electron chi connectivity index (χ4n) is 1.33. The van der Waals surface area contributed by atoms with Gasteiger partial charge in [0.2, 0.25) is 5.95 Å². The molecule has 0 fully saturated rings. The molecule has 0 atom stereocenters. The zero-order valence-electron chi connectivity index (χ0n) is 7.94. The topological polar surface area (TPSA) is 69.0 Å². The second-order valence-electron chi connectivity index (χ2n) is 2.96. The quantitative estimate of drug-likeness (QED) is 0.644. The maximum absolute atomic E-state index is 11.3. The van der Waals surface area contributed by atoms with Crippen molar-refractivity contribution in [1.29, 1.82) is 0 Å². The molecule has 74 valence electrons. The highest BCUT2D eigenvalue weighted by Crippen LogP contribution is 2.18. The molecule has 1 aliphatic heterocycles. The standard InChI is InChI=1S/C8H10N4O2/c1-5-6(7(13)14-2)3-12-8(11-5)9-4-10-12/h4H,3H2,1-2H3,(H,9,10,11). The molecule has 1 aromatic rings. The summed E-state index contributed by atoms with van der Waals surface area (Å²) in [5.41, 5.74) is 1.34. The van der Waals surface area contributed by atoms with Gasteiger partial charge in [-0.2, -0.15) is 10.1 Å². The molecular formula is C8H10N4O2. The van der Waals surface area contributed by atoms with Crippen LogP contribution in [0.3, 0.4) is 0 Å². The Morgan fingerprint density at radius 2 is 2.50 bits per heavy atom. The number of carbonyl (C=O) groups is 1. The number of rotatable bonds is 1. The maximum atomic E-state index is 11.3. The minimum absolute atomic E-state index is 0.337. The first-order valence-electron chi connectivity index (χ1n) is 4.15. The Balaban J connectivity index is 2.32. The lowest BCUT2D eigenvalue weighted by Gasteiger charge is -2.18. The summed E-state index contributed by atoms with van der Waals surface area (Å²) in [6.07, 6.45) is 1.44. The maximum Gasteiger partial charge on any atom is 0.337 e. The predicted molar refractivity (Wildman–Crippen MR) is 48.4 cm³/mol. The van der Waals surface area contributed by atoms with E-state index in [0.717, 1.165) is 5.70 Å². The van der Waals surface area contributed by atoms with Gasteiger partial charge in [0.05, 0.1) is 19.2 Å². The average Bonchev–Trinajstić information content (AvgIpc) is 2.62. The number of nitrogens with zero attached hydrogens (tertiary/aromatic N) is 3. The van der Waals surface area contributed by atoms with E-state index in [0.29, 0.717) is 18.1 Å². The van der Waals surface area contributed by atoms with Crippen LogP contribution in [0.15, 0.2) is 17.6 Å². The third-order valence-corrected chi connectivity index (χ3v) is 2.11. The van der Waals surface area contributed by atoms with E-state index in [-0.39, 0.29) is 5.97 Å². The Kier molecular flexibility index (Phi) is 1.95. The molecule has 0 radical (unpaired) electrons. The van der Waals surface area contributed by atoms with Gasteiger partial charge in [0.15, 0.2) is 0 Å². The average molecular weight is 194 g/mol. The Morgan fingerprint density at radius 1 is 1.71 bits per heavy atom. The summed E-state index contributed by atoms with van der Waals surface area (Å²) in [6, 6.07) is 0. The molecule has 0 aromatic carbocycles. The highest BCUT2D eigenvalue weighted by atomic mass is 16.5. The highest BCUT2D eigenvalue weighted by Gasteiger charge is 2.21. The molecule has 6 heteroatoms. The number of anilines is 1. The smallest absolute Gasteiger partial charge is 0.337 e. The fraction of sp³-hybridized carbons (Fsp3) is 0.375. The van der Waals surface area contributed by atoms with Gasteiger partial charge in [0.1, 0.15) is 6.33 Å². The normalized spacial score (nSPS) is 14.7. The van der Waals surface area contributed by atoms with Crippen LogP contribution in [0, 0.1) is 0 Å². The Morgan fingerprint density at radius 3 is 3.21 bits per heavy atom. The highest BCUT2D eigenvalue weighted by molar-refractivity contribution is 5.90. The Labute approximate surface area is 80.6 Å². The number of nitrogens with one attached hydrogen (secondary N) is 1. The van der Waals surface area contributed by atoms with Gasteiger partial charge in [0, 0.05) is 5.70 Å². The summed E-state index contributed by atoms with van der Waals surface area (Å²) >= 11 is 0. The largest absolute Gasteiger partial charge is 0.466 e. The zero-order valence-corrected chi connectivity index (χ0v) is 7.94. The first kappa shape index (κ1) is 8.74. The summed E-state index contributed by atoms with van der Waals surface area (Å²) < 4.78 is 6.26. The first-order chi connectivity index (χ1) is 6.72. The minimum Gasteiger partial charge on any atom is -0.466 e. The summed E-state index contributed by atoms with van der Waals surface area (Å²) in [6.45, 7) is 2.21. The summed E-state index contributed by atoms with van der Waals surface area (Å²) in [5.74, 6) is 0.311. The van der Waals surface area contributed by atoms with Gasteiger partial charge < -0.3 is 10.1 Å². The van der Waals surface area contributed by atoms with Crippen LogP contribution in [0.25, 0.3) is 0 Å². The number of ether oxygens (including phenoxy) is 1. The van der Waals surface area contributed by atoms with Crippen LogP contribution in [-0.2, 0) is 16.1 Å². The summed E-state index contributed by atoms with van der Waals surface area (Å²) in [5, 5.41) is 6.93. The van der Waals surface area contributed by atoms with Crippen molar-refractivity contribution in [2.24, 2.45) is 0 Å². The van der Waals surface area contributed by atoms with Gasteiger partial charge in [-0.25, -0.2) is 9.48 Å². The van der Waals surface area contributed by atoms with E-state index >= 15 is 0 Å². The molecule has 0 unspecified atom stereocenters. The van der Waals surface area contributed by atoms with Gasteiger partial charge in [-0.15, -0.1) is 0 Å². The molecule has 1 aromatic heterocycles. The molecule has 14 heavy (non-hydrogen) atoms. The van der Waals surface area contributed by atoms with E-state index in [9.17, 15) is 4.79 Å². The van der Waals surface area contributed by atoms with E-state index < -0.39 is 0 Å². The van der Waals surface area contributed by atoms with Gasteiger partial charge in [-0.05, 0) is 6.92 Å². The second-order valence-corrected chi connectivity index (χ2v) is 2.96. The van der Waals surface area contributed by atoms with E-state index in [4.69, 9.17) is 0 Å². The SMILES string of the molecule is COC(=O)C1=C(C)Nc2ncnn2C1. The Bertz CT molecular complexity index is 407.